The minimum absolute atomic E-state index is 0.116. The van der Waals surface area contributed by atoms with Crippen molar-refractivity contribution in [1.82, 2.24) is 4.67 Å². The highest BCUT2D eigenvalue weighted by molar-refractivity contribution is 7.44. The van der Waals surface area contributed by atoms with Gasteiger partial charge in [-0.1, -0.05) is 6.07 Å². The number of hydrogen-bond donors (Lipinski definition) is 1. The molecule has 0 fully saturated rings. The zero-order valence-corrected chi connectivity index (χ0v) is 23.5. The van der Waals surface area contributed by atoms with Crippen LogP contribution >= 0.6 is 8.53 Å². The molecule has 0 saturated carbocycles. The molecule has 12 heteroatoms. The Morgan fingerprint density at radius 2 is 1.51 bits per heavy atom. The third kappa shape index (κ3) is 11.7. The summed E-state index contributed by atoms with van der Waals surface area (Å²) in [5.74, 6) is -1.26. The lowest BCUT2D eigenvalue weighted by atomic mass is 10.1. The number of esters is 2. The molecule has 0 aliphatic carbocycles. The predicted molar refractivity (Wildman–Crippen MR) is 140 cm³/mol. The number of ether oxygens (including phenoxy) is 4. The maximum atomic E-state index is 12.2. The molecule has 1 unspecified atom stereocenters. The molecule has 0 saturated heterocycles. The zero-order chi connectivity index (χ0) is 27.6. The predicted octanol–water partition coefficient (Wildman–Crippen LogP) is 4.00. The zero-order valence-electron chi connectivity index (χ0n) is 22.7. The van der Waals surface area contributed by atoms with Crippen molar-refractivity contribution >= 4 is 26.2 Å². The van der Waals surface area contributed by atoms with Gasteiger partial charge < -0.3 is 33.3 Å². The number of carbonyl (C=O) groups is 2. The van der Waals surface area contributed by atoms with E-state index in [4.69, 9.17) is 33.3 Å². The third-order valence-electron chi connectivity index (χ3n) is 4.88. The van der Waals surface area contributed by atoms with Crippen LogP contribution in [0.4, 0.5) is 5.69 Å². The number of hydrogen-bond acceptors (Lipinski definition) is 11. The summed E-state index contributed by atoms with van der Waals surface area (Å²) >= 11 is 0. The van der Waals surface area contributed by atoms with Crippen molar-refractivity contribution in [3.63, 3.8) is 0 Å². The second-order valence-electron chi connectivity index (χ2n) is 8.24. The fourth-order valence-electron chi connectivity index (χ4n) is 3.37. The summed E-state index contributed by atoms with van der Waals surface area (Å²) in [4.78, 5) is 24.2. The normalized spacial score (nSPS) is 12.0. The average Bonchev–Trinajstić information content (AvgIpc) is 2.87. The number of nitrogens with one attached hydrogen (secondary N) is 1. The molecular formula is C25H40N3O8P. The highest BCUT2D eigenvalue weighted by atomic mass is 31.2. The fourth-order valence-corrected chi connectivity index (χ4v) is 4.94. The molecule has 1 atom stereocenters. The standard InChI is InChI=1S/C25H40N3O8P/c1-19(2)28(20(3)4)37(35-13-8-11-26)36-18-17-34-16-15-33-14-12-27-22-10-7-9-21(24(29)31-5)23(22)25(30)32-6/h7,9-10,19-20,27H,8,12-18H2,1-6H3. The van der Waals surface area contributed by atoms with Crippen LogP contribution in [0.15, 0.2) is 18.2 Å². The molecule has 0 heterocycles. The van der Waals surface area contributed by atoms with E-state index in [9.17, 15) is 9.59 Å². The van der Waals surface area contributed by atoms with Gasteiger partial charge in [-0.25, -0.2) is 14.3 Å². The Balaban J connectivity index is 2.38. The van der Waals surface area contributed by atoms with E-state index in [2.05, 4.69) is 43.8 Å². The Hall–Kier alpha value is -2.32. The van der Waals surface area contributed by atoms with Gasteiger partial charge >= 0.3 is 11.9 Å². The van der Waals surface area contributed by atoms with E-state index >= 15 is 0 Å². The van der Waals surface area contributed by atoms with Gasteiger partial charge in [0.25, 0.3) is 8.53 Å². The minimum Gasteiger partial charge on any atom is -0.465 e. The van der Waals surface area contributed by atoms with Crippen LogP contribution in [0.25, 0.3) is 0 Å². The molecule has 1 aromatic rings. The summed E-state index contributed by atoms with van der Waals surface area (Å²) in [7, 11) is 1.22. The van der Waals surface area contributed by atoms with Gasteiger partial charge in [0.15, 0.2) is 0 Å². The highest BCUT2D eigenvalue weighted by Crippen LogP contribution is 2.45. The molecule has 1 rings (SSSR count). The van der Waals surface area contributed by atoms with Crippen molar-refractivity contribution in [2.75, 3.05) is 65.7 Å². The number of carbonyl (C=O) groups excluding carboxylic acids is 2. The molecule has 0 bridgehead atoms. The van der Waals surface area contributed by atoms with Gasteiger partial charge in [-0.15, -0.1) is 0 Å². The summed E-state index contributed by atoms with van der Waals surface area (Å²) in [5.41, 5.74) is 0.697. The summed E-state index contributed by atoms with van der Waals surface area (Å²) < 4.78 is 34.7. The second kappa shape index (κ2) is 18.9. The smallest absolute Gasteiger partial charge is 0.340 e. The quantitative estimate of drug-likeness (QED) is 0.155. The molecule has 1 N–H and O–H groups in total. The van der Waals surface area contributed by atoms with Gasteiger partial charge in [0.1, 0.15) is 0 Å². The Morgan fingerprint density at radius 3 is 2.11 bits per heavy atom. The first-order valence-corrected chi connectivity index (χ1v) is 13.3. The number of nitrogens with zero attached hydrogens (tertiary/aromatic N) is 2. The van der Waals surface area contributed by atoms with Crippen LogP contribution in [-0.2, 0) is 28.0 Å². The SMILES string of the molecule is COC(=O)c1cccc(NCCOCCOCCOP(OCCC#N)N(C(C)C)C(C)C)c1C(=O)OC. The Morgan fingerprint density at radius 1 is 0.919 bits per heavy atom. The molecule has 0 aliphatic heterocycles. The van der Waals surface area contributed by atoms with E-state index in [0.29, 0.717) is 58.3 Å². The Bertz CT molecular complexity index is 855. The summed E-state index contributed by atoms with van der Waals surface area (Å²) in [6.07, 6.45) is 0.315. The third-order valence-corrected chi connectivity index (χ3v) is 6.99. The van der Waals surface area contributed by atoms with E-state index in [-0.39, 0.29) is 23.2 Å². The first-order chi connectivity index (χ1) is 17.8. The maximum Gasteiger partial charge on any atom is 0.340 e. The molecule has 0 amide bonds. The number of methoxy groups -OCH3 is 2. The maximum absolute atomic E-state index is 12.2. The molecule has 1 aromatic carbocycles. The van der Waals surface area contributed by atoms with Crippen molar-refractivity contribution < 1.29 is 37.6 Å². The van der Waals surface area contributed by atoms with Gasteiger partial charge in [0, 0.05) is 24.3 Å². The first kappa shape index (κ1) is 32.7. The van der Waals surface area contributed by atoms with Crippen LogP contribution < -0.4 is 5.32 Å². The van der Waals surface area contributed by atoms with Crippen molar-refractivity contribution in [2.24, 2.45) is 0 Å². The van der Waals surface area contributed by atoms with Crippen LogP contribution in [0, 0.1) is 11.3 Å². The molecule has 0 spiro atoms. The molecule has 0 aromatic heterocycles. The molecule has 208 valence electrons. The van der Waals surface area contributed by atoms with Crippen LogP contribution in [0.1, 0.15) is 54.8 Å². The minimum atomic E-state index is -1.29. The molecule has 11 nitrogen and oxygen atoms in total. The van der Waals surface area contributed by atoms with Gasteiger partial charge in [-0.3, -0.25) is 0 Å². The first-order valence-electron chi connectivity index (χ1n) is 12.2. The van der Waals surface area contributed by atoms with E-state index in [1.165, 1.54) is 20.3 Å². The second-order valence-corrected chi connectivity index (χ2v) is 9.70. The monoisotopic (exact) mass is 541 g/mol. The van der Waals surface area contributed by atoms with E-state index in [1.54, 1.807) is 12.1 Å². The van der Waals surface area contributed by atoms with Gasteiger partial charge in [0.05, 0.1) is 77.5 Å². The highest BCUT2D eigenvalue weighted by Gasteiger charge is 2.27. The molecule has 37 heavy (non-hydrogen) atoms. The Kier molecular flexibility index (Phi) is 16.7. The van der Waals surface area contributed by atoms with E-state index < -0.39 is 20.5 Å². The van der Waals surface area contributed by atoms with Gasteiger partial charge in [0.2, 0.25) is 0 Å². The largest absolute Gasteiger partial charge is 0.465 e. The lowest BCUT2D eigenvalue weighted by Crippen LogP contribution is -2.34. The lowest BCUT2D eigenvalue weighted by molar-refractivity contribution is 0.0364. The molecule has 0 radical (unpaired) electrons. The van der Waals surface area contributed by atoms with Crippen LogP contribution in [0.2, 0.25) is 0 Å². The van der Waals surface area contributed by atoms with Crippen LogP contribution in [-0.4, -0.2) is 89.1 Å². The lowest BCUT2D eigenvalue weighted by Gasteiger charge is -2.35. The number of rotatable bonds is 19. The fraction of sp³-hybridized carbons (Fsp3) is 0.640. The average molecular weight is 542 g/mol. The van der Waals surface area contributed by atoms with E-state index in [0.717, 1.165) is 0 Å². The van der Waals surface area contributed by atoms with E-state index in [1.807, 2.05) is 0 Å². The Labute approximate surface area is 221 Å². The summed E-state index contributed by atoms with van der Waals surface area (Å²) in [6, 6.07) is 7.40. The topological polar surface area (TPSA) is 129 Å². The molecular weight excluding hydrogens is 501 g/mol. The summed E-state index contributed by atoms with van der Waals surface area (Å²) in [5, 5.41) is 11.9. The van der Waals surface area contributed by atoms with Crippen molar-refractivity contribution in [2.45, 2.75) is 46.2 Å². The summed E-state index contributed by atoms with van der Waals surface area (Å²) in [6.45, 7) is 10.9. The number of nitriles is 1. The van der Waals surface area contributed by atoms with Crippen LogP contribution in [0.5, 0.6) is 0 Å². The van der Waals surface area contributed by atoms with Gasteiger partial charge in [-0.2, -0.15) is 5.26 Å². The van der Waals surface area contributed by atoms with Crippen LogP contribution in [0.3, 0.4) is 0 Å². The van der Waals surface area contributed by atoms with Crippen molar-refractivity contribution in [3.8, 4) is 6.07 Å². The number of benzene rings is 1. The molecule has 0 aliphatic rings. The number of anilines is 1. The van der Waals surface area contributed by atoms with Gasteiger partial charge in [-0.05, 0) is 39.8 Å². The van der Waals surface area contributed by atoms with Crippen molar-refractivity contribution in [3.05, 3.63) is 29.3 Å². The van der Waals surface area contributed by atoms with Crippen molar-refractivity contribution in [1.29, 1.82) is 5.26 Å².